The monoisotopic (exact) mass is 324 g/mol. The number of H-pyrrole nitrogens is 1. The number of fused-ring (bicyclic) bond motifs is 2. The van der Waals surface area contributed by atoms with E-state index >= 15 is 0 Å². The predicted octanol–water partition coefficient (Wildman–Crippen LogP) is 2.68. The first-order chi connectivity index (χ1) is 11.7. The van der Waals surface area contributed by atoms with Crippen LogP contribution in [0.2, 0.25) is 0 Å². The molecular formula is C19H24N4O. The highest BCUT2D eigenvalue weighted by Gasteiger charge is 2.42. The number of nitrogens with zero attached hydrogens (tertiary/aromatic N) is 3. The molecule has 24 heavy (non-hydrogen) atoms. The summed E-state index contributed by atoms with van der Waals surface area (Å²) >= 11 is 0. The Hall–Kier alpha value is -2.14. The third kappa shape index (κ3) is 2.84. The molecule has 1 N–H and O–H groups in total. The first-order valence-corrected chi connectivity index (χ1v) is 8.77. The molecule has 5 nitrogen and oxygen atoms in total. The average Bonchev–Trinajstić information content (AvgIpc) is 3.20. The molecular weight excluding hydrogens is 300 g/mol. The number of rotatable bonds is 4. The Labute approximate surface area is 142 Å². The largest absolute Gasteiger partial charge is 0.347 e. The molecule has 1 aromatic heterocycles. The summed E-state index contributed by atoms with van der Waals surface area (Å²) in [5, 5.41) is 0. The molecule has 0 spiro atoms. The zero-order valence-corrected chi connectivity index (χ0v) is 14.1. The zero-order valence-electron chi connectivity index (χ0n) is 14.1. The number of hydrogen-bond acceptors (Lipinski definition) is 3. The zero-order chi connectivity index (χ0) is 16.5. The second-order valence-corrected chi connectivity index (χ2v) is 7.04. The van der Waals surface area contributed by atoms with E-state index in [0.717, 1.165) is 24.9 Å². The predicted molar refractivity (Wildman–Crippen MR) is 92.5 cm³/mol. The van der Waals surface area contributed by atoms with Crippen molar-refractivity contribution in [3.63, 3.8) is 0 Å². The Morgan fingerprint density at radius 3 is 2.58 bits per heavy atom. The Kier molecular flexibility index (Phi) is 4.10. The third-order valence-electron chi connectivity index (χ3n) is 5.66. The lowest BCUT2D eigenvalue weighted by Crippen LogP contribution is -2.50. The van der Waals surface area contributed by atoms with E-state index in [4.69, 9.17) is 0 Å². The van der Waals surface area contributed by atoms with Crippen LogP contribution in [0.15, 0.2) is 42.9 Å². The number of carbonyl (C=O) groups is 1. The maximum atomic E-state index is 12.7. The topological polar surface area (TPSA) is 52.2 Å². The van der Waals surface area contributed by atoms with Gasteiger partial charge in [-0.3, -0.25) is 9.69 Å². The molecule has 0 radical (unpaired) electrons. The number of nitrogens with one attached hydrogen (secondary N) is 1. The van der Waals surface area contributed by atoms with Gasteiger partial charge in [-0.2, -0.15) is 0 Å². The summed E-state index contributed by atoms with van der Waals surface area (Å²) in [5.41, 5.74) is 1.96. The van der Waals surface area contributed by atoms with Crippen molar-refractivity contribution in [2.24, 2.45) is 0 Å². The van der Waals surface area contributed by atoms with Gasteiger partial charge in [-0.05, 0) is 37.8 Å². The normalized spacial score (nSPS) is 26.5. The molecule has 3 atom stereocenters. The van der Waals surface area contributed by atoms with Crippen molar-refractivity contribution in [2.45, 2.75) is 50.4 Å². The molecule has 5 heteroatoms. The molecule has 0 saturated carbocycles. The Bertz CT molecular complexity index is 671. The van der Waals surface area contributed by atoms with Gasteiger partial charge in [0, 0.05) is 49.2 Å². The van der Waals surface area contributed by atoms with E-state index in [9.17, 15) is 4.79 Å². The fourth-order valence-corrected chi connectivity index (χ4v) is 4.34. The number of carbonyl (C=O) groups excluding carboxylic acids is 1. The molecule has 4 rings (SSSR count). The summed E-state index contributed by atoms with van der Waals surface area (Å²) in [4.78, 5) is 24.6. The molecule has 2 aliphatic heterocycles. The fourth-order valence-electron chi connectivity index (χ4n) is 4.34. The van der Waals surface area contributed by atoms with Gasteiger partial charge in [0.05, 0.1) is 6.33 Å². The number of aromatic amines is 1. The van der Waals surface area contributed by atoms with E-state index in [2.05, 4.69) is 14.9 Å². The van der Waals surface area contributed by atoms with Crippen LogP contribution in [-0.4, -0.2) is 50.8 Å². The molecule has 2 aliphatic rings. The SMILES string of the molecule is CN(C(=O)c1ccccc1)C1C[C@H]2CC[C@@H](C1)N2Cc1cnc[nH]1. The van der Waals surface area contributed by atoms with E-state index in [0.29, 0.717) is 18.1 Å². The lowest BCUT2D eigenvalue weighted by atomic mass is 9.95. The minimum Gasteiger partial charge on any atom is -0.347 e. The van der Waals surface area contributed by atoms with Gasteiger partial charge in [-0.15, -0.1) is 0 Å². The number of amides is 1. The smallest absolute Gasteiger partial charge is 0.253 e. The summed E-state index contributed by atoms with van der Waals surface area (Å²) in [6.07, 6.45) is 8.28. The van der Waals surface area contributed by atoms with Gasteiger partial charge >= 0.3 is 0 Å². The lowest BCUT2D eigenvalue weighted by Gasteiger charge is -2.42. The summed E-state index contributed by atoms with van der Waals surface area (Å²) in [6, 6.07) is 11.1. The number of benzene rings is 1. The molecule has 2 bridgehead atoms. The highest BCUT2D eigenvalue weighted by atomic mass is 16.2. The summed E-state index contributed by atoms with van der Waals surface area (Å²) in [6.45, 7) is 0.943. The van der Waals surface area contributed by atoms with E-state index in [1.54, 1.807) is 6.33 Å². The van der Waals surface area contributed by atoms with Crippen molar-refractivity contribution < 1.29 is 4.79 Å². The van der Waals surface area contributed by atoms with E-state index in [-0.39, 0.29) is 5.91 Å². The standard InChI is InChI=1S/C19H24N4O/c1-22(19(24)14-5-3-2-4-6-14)18-9-16-7-8-17(10-18)23(16)12-15-11-20-13-21-15/h2-6,11,13,16-18H,7-10,12H2,1H3,(H,20,21)/t16-,17+,18?. The molecule has 0 aliphatic carbocycles. The van der Waals surface area contributed by atoms with E-state index in [1.807, 2.05) is 48.5 Å². The van der Waals surface area contributed by atoms with Crippen LogP contribution in [0, 0.1) is 0 Å². The van der Waals surface area contributed by atoms with Crippen LogP contribution in [0.25, 0.3) is 0 Å². The summed E-state index contributed by atoms with van der Waals surface area (Å²) in [7, 11) is 1.96. The summed E-state index contributed by atoms with van der Waals surface area (Å²) < 4.78 is 0. The van der Waals surface area contributed by atoms with Crippen molar-refractivity contribution in [3.8, 4) is 0 Å². The van der Waals surface area contributed by atoms with Crippen molar-refractivity contribution in [2.75, 3.05) is 7.05 Å². The number of aromatic nitrogens is 2. The molecule has 3 heterocycles. The molecule has 1 unspecified atom stereocenters. The second-order valence-electron chi connectivity index (χ2n) is 7.04. The molecule has 2 fully saturated rings. The highest BCUT2D eigenvalue weighted by Crippen LogP contribution is 2.38. The Morgan fingerprint density at radius 1 is 1.25 bits per heavy atom. The minimum absolute atomic E-state index is 0.141. The minimum atomic E-state index is 0.141. The van der Waals surface area contributed by atoms with Gasteiger partial charge in [0.15, 0.2) is 0 Å². The van der Waals surface area contributed by atoms with Crippen LogP contribution in [-0.2, 0) is 6.54 Å². The van der Waals surface area contributed by atoms with Crippen molar-refractivity contribution in [1.82, 2.24) is 19.8 Å². The number of hydrogen-bond donors (Lipinski definition) is 1. The molecule has 1 aromatic carbocycles. The highest BCUT2D eigenvalue weighted by molar-refractivity contribution is 5.94. The van der Waals surface area contributed by atoms with Crippen LogP contribution in [0.4, 0.5) is 0 Å². The molecule has 1 amide bonds. The number of piperidine rings is 1. The molecule has 2 aromatic rings. The van der Waals surface area contributed by atoms with Crippen LogP contribution in [0.3, 0.4) is 0 Å². The first kappa shape index (κ1) is 15.4. The van der Waals surface area contributed by atoms with E-state index < -0.39 is 0 Å². The second kappa shape index (κ2) is 6.40. The van der Waals surface area contributed by atoms with Gasteiger partial charge < -0.3 is 9.88 Å². The average molecular weight is 324 g/mol. The van der Waals surface area contributed by atoms with Gasteiger partial charge in [-0.1, -0.05) is 18.2 Å². The Balaban J connectivity index is 1.44. The Morgan fingerprint density at radius 2 is 1.96 bits per heavy atom. The molecule has 126 valence electrons. The number of imidazole rings is 1. The molecule has 2 saturated heterocycles. The first-order valence-electron chi connectivity index (χ1n) is 8.77. The third-order valence-corrected chi connectivity index (χ3v) is 5.66. The fraction of sp³-hybridized carbons (Fsp3) is 0.474. The van der Waals surface area contributed by atoms with Crippen LogP contribution >= 0.6 is 0 Å². The van der Waals surface area contributed by atoms with E-state index in [1.165, 1.54) is 18.5 Å². The lowest BCUT2D eigenvalue weighted by molar-refractivity contribution is 0.0474. The maximum Gasteiger partial charge on any atom is 0.253 e. The van der Waals surface area contributed by atoms with Gasteiger partial charge in [0.1, 0.15) is 0 Å². The van der Waals surface area contributed by atoms with Crippen LogP contribution < -0.4 is 0 Å². The summed E-state index contributed by atoms with van der Waals surface area (Å²) in [5.74, 6) is 0.141. The van der Waals surface area contributed by atoms with Gasteiger partial charge in [0.2, 0.25) is 0 Å². The van der Waals surface area contributed by atoms with Crippen LogP contribution in [0.1, 0.15) is 41.7 Å². The van der Waals surface area contributed by atoms with Crippen molar-refractivity contribution >= 4 is 5.91 Å². The quantitative estimate of drug-likeness (QED) is 0.941. The van der Waals surface area contributed by atoms with Crippen molar-refractivity contribution in [1.29, 1.82) is 0 Å². The van der Waals surface area contributed by atoms with Crippen LogP contribution in [0.5, 0.6) is 0 Å². The van der Waals surface area contributed by atoms with Crippen molar-refractivity contribution in [3.05, 3.63) is 54.1 Å². The van der Waals surface area contributed by atoms with Gasteiger partial charge in [-0.25, -0.2) is 4.98 Å². The van der Waals surface area contributed by atoms with Gasteiger partial charge in [0.25, 0.3) is 5.91 Å². The maximum absolute atomic E-state index is 12.7.